The van der Waals surface area contributed by atoms with Gasteiger partial charge in [0.05, 0.1) is 0 Å². The minimum atomic E-state index is 0.624. The molecule has 0 aliphatic carbocycles. The summed E-state index contributed by atoms with van der Waals surface area (Å²) < 4.78 is 11.3. The van der Waals surface area contributed by atoms with E-state index < -0.39 is 0 Å². The summed E-state index contributed by atoms with van der Waals surface area (Å²) in [6.45, 7) is 0. The maximum atomic E-state index is 6.65. The molecule has 57 heavy (non-hydrogen) atoms. The standard InChI is InChI=1S/C49H27N5OS2/c1-3-14-28(15-4-1)46-52-47(29-16-5-2-6-17-29)54-48(53-46)34-22-13-27-39-40(34)33-21-12-23-35(45(33)57-39)42-43-41(32-19-7-9-25-37(32)55-43)50-49(51-42)36-24-11-20-31-30-18-8-10-26-38(30)56-44(31)36/h1-27H. The van der Waals surface area contributed by atoms with Gasteiger partial charge in [0, 0.05) is 73.5 Å². The summed E-state index contributed by atoms with van der Waals surface area (Å²) in [5, 5.41) is 5.60. The van der Waals surface area contributed by atoms with Gasteiger partial charge >= 0.3 is 0 Å². The molecular formula is C49H27N5OS2. The van der Waals surface area contributed by atoms with E-state index >= 15 is 0 Å². The normalized spacial score (nSPS) is 11.9. The van der Waals surface area contributed by atoms with E-state index in [1.165, 1.54) is 20.2 Å². The summed E-state index contributed by atoms with van der Waals surface area (Å²) in [6, 6.07) is 56.2. The molecule has 5 heterocycles. The summed E-state index contributed by atoms with van der Waals surface area (Å²) in [5.74, 6) is 2.56. The molecule has 12 aromatic rings. The Morgan fingerprint density at radius 3 is 1.70 bits per heavy atom. The van der Waals surface area contributed by atoms with Crippen LogP contribution < -0.4 is 0 Å². The molecule has 0 saturated carbocycles. The summed E-state index contributed by atoms with van der Waals surface area (Å²) in [6.07, 6.45) is 0. The molecule has 0 radical (unpaired) electrons. The molecule has 0 atom stereocenters. The van der Waals surface area contributed by atoms with Crippen molar-refractivity contribution in [1.82, 2.24) is 24.9 Å². The largest absolute Gasteiger partial charge is 0.452 e. The van der Waals surface area contributed by atoms with Gasteiger partial charge in [-0.3, -0.25) is 0 Å². The Morgan fingerprint density at radius 2 is 0.912 bits per heavy atom. The maximum absolute atomic E-state index is 6.65. The molecule has 0 bridgehead atoms. The minimum Gasteiger partial charge on any atom is -0.452 e. The molecule has 0 unspecified atom stereocenters. The molecule has 0 amide bonds. The predicted octanol–water partition coefficient (Wildman–Crippen LogP) is 13.6. The highest BCUT2D eigenvalue weighted by Gasteiger charge is 2.24. The summed E-state index contributed by atoms with van der Waals surface area (Å²) in [7, 11) is 0. The van der Waals surface area contributed by atoms with E-state index in [1.54, 1.807) is 22.7 Å². The maximum Gasteiger partial charge on any atom is 0.180 e. The Morgan fingerprint density at radius 1 is 0.368 bits per heavy atom. The predicted molar refractivity (Wildman–Crippen MR) is 236 cm³/mol. The number of rotatable bonds is 5. The fourth-order valence-electron chi connectivity index (χ4n) is 7.97. The van der Waals surface area contributed by atoms with Crippen molar-refractivity contribution in [3.63, 3.8) is 0 Å². The van der Waals surface area contributed by atoms with Gasteiger partial charge in [-0.15, -0.1) is 22.7 Å². The number of furan rings is 1. The van der Waals surface area contributed by atoms with Crippen LogP contribution in [0.5, 0.6) is 0 Å². The molecular weight excluding hydrogens is 739 g/mol. The quantitative estimate of drug-likeness (QED) is 0.174. The zero-order valence-corrected chi connectivity index (χ0v) is 31.7. The number of para-hydroxylation sites is 1. The van der Waals surface area contributed by atoms with E-state index in [1.807, 2.05) is 78.9 Å². The van der Waals surface area contributed by atoms with Crippen molar-refractivity contribution < 1.29 is 4.42 Å². The molecule has 0 aliphatic heterocycles. The Kier molecular flexibility index (Phi) is 7.17. The summed E-state index contributed by atoms with van der Waals surface area (Å²) >= 11 is 3.53. The number of fused-ring (bicyclic) bond motifs is 9. The van der Waals surface area contributed by atoms with Crippen LogP contribution in [0.25, 0.3) is 119 Å². The van der Waals surface area contributed by atoms with E-state index in [4.69, 9.17) is 29.3 Å². The van der Waals surface area contributed by atoms with Gasteiger partial charge in [-0.1, -0.05) is 133 Å². The number of hydrogen-bond acceptors (Lipinski definition) is 8. The van der Waals surface area contributed by atoms with Crippen LogP contribution in [0, 0.1) is 0 Å². The number of thiophene rings is 2. The molecule has 0 saturated heterocycles. The van der Waals surface area contributed by atoms with E-state index in [2.05, 4.69) is 84.9 Å². The van der Waals surface area contributed by atoms with Crippen molar-refractivity contribution in [2.24, 2.45) is 0 Å². The van der Waals surface area contributed by atoms with Crippen LogP contribution in [0.3, 0.4) is 0 Å². The topological polar surface area (TPSA) is 77.6 Å². The summed E-state index contributed by atoms with van der Waals surface area (Å²) in [5.41, 5.74) is 7.83. The van der Waals surface area contributed by atoms with Crippen LogP contribution >= 0.6 is 22.7 Å². The molecule has 0 fully saturated rings. The lowest BCUT2D eigenvalue weighted by Crippen LogP contribution is -2.00. The second-order valence-electron chi connectivity index (χ2n) is 14.0. The number of hydrogen-bond donors (Lipinski definition) is 0. The second-order valence-corrected chi connectivity index (χ2v) is 16.1. The molecule has 0 aliphatic rings. The van der Waals surface area contributed by atoms with Crippen LogP contribution in [0.2, 0.25) is 0 Å². The lowest BCUT2D eigenvalue weighted by Gasteiger charge is -2.10. The van der Waals surface area contributed by atoms with Gasteiger partial charge in [0.15, 0.2) is 28.9 Å². The number of benzene rings is 7. The molecule has 7 aromatic carbocycles. The summed E-state index contributed by atoms with van der Waals surface area (Å²) in [4.78, 5) is 25.9. The molecule has 12 rings (SSSR count). The zero-order valence-electron chi connectivity index (χ0n) is 30.0. The van der Waals surface area contributed by atoms with E-state index in [0.717, 1.165) is 70.2 Å². The van der Waals surface area contributed by atoms with Gasteiger partial charge in [0.25, 0.3) is 0 Å². The van der Waals surface area contributed by atoms with Crippen molar-refractivity contribution in [3.8, 4) is 56.8 Å². The third-order valence-corrected chi connectivity index (χ3v) is 13.0. The minimum absolute atomic E-state index is 0.624. The van der Waals surface area contributed by atoms with E-state index in [-0.39, 0.29) is 0 Å². The smallest absolute Gasteiger partial charge is 0.180 e. The lowest BCUT2D eigenvalue weighted by atomic mass is 10.0. The first-order valence-electron chi connectivity index (χ1n) is 18.7. The zero-order chi connectivity index (χ0) is 37.5. The Bertz CT molecular complexity index is 3480. The lowest BCUT2D eigenvalue weighted by molar-refractivity contribution is 0.667. The van der Waals surface area contributed by atoms with E-state index in [9.17, 15) is 0 Å². The van der Waals surface area contributed by atoms with Crippen molar-refractivity contribution in [2.75, 3.05) is 0 Å². The van der Waals surface area contributed by atoms with Crippen molar-refractivity contribution in [3.05, 3.63) is 164 Å². The van der Waals surface area contributed by atoms with Gasteiger partial charge < -0.3 is 4.42 Å². The first-order valence-corrected chi connectivity index (χ1v) is 20.3. The number of nitrogens with zero attached hydrogens (tertiary/aromatic N) is 5. The van der Waals surface area contributed by atoms with Crippen LogP contribution in [0.15, 0.2) is 168 Å². The third kappa shape index (κ3) is 5.12. The van der Waals surface area contributed by atoms with Gasteiger partial charge in [-0.25, -0.2) is 24.9 Å². The SMILES string of the molecule is c1ccc(-c2nc(-c3ccccc3)nc(-c3cccc4sc5c(-c6nc(-c7cccc8c7sc7ccccc78)nc7c6oc6ccccc67)cccc5c34)n2)cc1. The molecule has 0 spiro atoms. The Hall–Kier alpha value is -7.13. The van der Waals surface area contributed by atoms with Crippen molar-refractivity contribution in [2.45, 2.75) is 0 Å². The van der Waals surface area contributed by atoms with Crippen LogP contribution in [-0.4, -0.2) is 24.9 Å². The Labute approximate surface area is 333 Å². The average Bonchev–Trinajstić information content (AvgIpc) is 3.98. The Balaban J connectivity index is 1.11. The van der Waals surface area contributed by atoms with Crippen LogP contribution in [0.4, 0.5) is 0 Å². The van der Waals surface area contributed by atoms with Gasteiger partial charge in [-0.05, 0) is 30.3 Å². The number of aromatic nitrogens is 5. The highest BCUT2D eigenvalue weighted by atomic mass is 32.1. The van der Waals surface area contributed by atoms with E-state index in [0.29, 0.717) is 28.9 Å². The first kappa shape index (κ1) is 32.1. The van der Waals surface area contributed by atoms with Crippen molar-refractivity contribution in [1.29, 1.82) is 0 Å². The highest BCUT2D eigenvalue weighted by Crippen LogP contribution is 2.46. The first-order chi connectivity index (χ1) is 28.2. The fraction of sp³-hybridized carbons (Fsp3) is 0. The monoisotopic (exact) mass is 765 g/mol. The molecule has 8 heteroatoms. The van der Waals surface area contributed by atoms with Crippen LogP contribution in [0.1, 0.15) is 0 Å². The third-order valence-electron chi connectivity index (χ3n) is 10.6. The molecule has 0 N–H and O–H groups in total. The van der Waals surface area contributed by atoms with Gasteiger partial charge in [0.1, 0.15) is 16.8 Å². The van der Waals surface area contributed by atoms with Crippen LogP contribution in [-0.2, 0) is 0 Å². The highest BCUT2D eigenvalue weighted by molar-refractivity contribution is 7.26. The molecule has 266 valence electrons. The second kappa shape index (κ2) is 12.7. The van der Waals surface area contributed by atoms with Gasteiger partial charge in [0.2, 0.25) is 0 Å². The van der Waals surface area contributed by atoms with Crippen molar-refractivity contribution >= 4 is 85.1 Å². The average molecular weight is 766 g/mol. The molecule has 6 nitrogen and oxygen atoms in total. The molecule has 5 aromatic heterocycles. The van der Waals surface area contributed by atoms with Gasteiger partial charge in [-0.2, -0.15) is 0 Å². The fourth-order valence-corrected chi connectivity index (χ4v) is 10.4.